The Labute approximate surface area is 141 Å². The van der Waals surface area contributed by atoms with Crippen molar-refractivity contribution < 1.29 is 14.3 Å². The maximum absolute atomic E-state index is 12.5. The highest BCUT2D eigenvalue weighted by Gasteiger charge is 2.14. The number of nitrogens with zero attached hydrogens (tertiary/aromatic N) is 2. The van der Waals surface area contributed by atoms with Crippen molar-refractivity contribution in [3.63, 3.8) is 0 Å². The van der Waals surface area contributed by atoms with E-state index in [4.69, 9.17) is 9.47 Å². The fourth-order valence-corrected chi connectivity index (χ4v) is 2.33. The molecule has 1 aromatic carbocycles. The highest BCUT2D eigenvalue weighted by atomic mass is 16.5. The summed E-state index contributed by atoms with van der Waals surface area (Å²) < 4.78 is 12.2. The van der Waals surface area contributed by atoms with Crippen LogP contribution in [0, 0.1) is 0 Å². The second-order valence-electron chi connectivity index (χ2n) is 5.44. The number of benzene rings is 1. The van der Waals surface area contributed by atoms with Crippen LogP contribution in [0.3, 0.4) is 0 Å². The molecule has 24 heavy (non-hydrogen) atoms. The van der Waals surface area contributed by atoms with Crippen molar-refractivity contribution in [2.75, 3.05) is 20.8 Å². The largest absolute Gasteiger partial charge is 0.493 e. The van der Waals surface area contributed by atoms with Gasteiger partial charge < -0.3 is 18.9 Å². The lowest BCUT2D eigenvalue weighted by Crippen LogP contribution is -2.28. The molecular weight excluding hydrogens is 308 g/mol. The lowest BCUT2D eigenvalue weighted by molar-refractivity contribution is 0.0784. The quantitative estimate of drug-likeness (QED) is 0.813. The fourth-order valence-electron chi connectivity index (χ4n) is 2.33. The van der Waals surface area contributed by atoms with Crippen LogP contribution in [0.25, 0.3) is 0 Å². The molecule has 6 nitrogen and oxygen atoms in total. The zero-order chi connectivity index (χ0) is 17.7. The first kappa shape index (κ1) is 17.6. The van der Waals surface area contributed by atoms with Crippen LogP contribution >= 0.6 is 0 Å². The van der Waals surface area contributed by atoms with Crippen molar-refractivity contribution >= 4 is 5.91 Å². The van der Waals surface area contributed by atoms with Gasteiger partial charge in [-0.05, 0) is 30.7 Å². The van der Waals surface area contributed by atoms with Gasteiger partial charge in [0.15, 0.2) is 11.5 Å². The first-order valence-electron chi connectivity index (χ1n) is 7.68. The zero-order valence-corrected chi connectivity index (χ0v) is 14.4. The highest BCUT2D eigenvalue weighted by molar-refractivity contribution is 5.93. The van der Waals surface area contributed by atoms with Crippen LogP contribution in [0.4, 0.5) is 0 Å². The molecule has 6 heteroatoms. The molecule has 0 atom stereocenters. The second kappa shape index (κ2) is 7.68. The Morgan fingerprint density at radius 2 is 1.96 bits per heavy atom. The summed E-state index contributed by atoms with van der Waals surface area (Å²) in [6.07, 6.45) is 1.59. The molecule has 1 amide bonds. The van der Waals surface area contributed by atoms with E-state index in [2.05, 4.69) is 0 Å². The molecule has 0 aliphatic heterocycles. The van der Waals surface area contributed by atoms with Gasteiger partial charge >= 0.3 is 0 Å². The third-order valence-corrected chi connectivity index (χ3v) is 3.65. The van der Waals surface area contributed by atoms with Crippen molar-refractivity contribution in [2.24, 2.45) is 7.05 Å². The minimum atomic E-state index is -0.211. The SMILES string of the molecule is CCOc1ccc(CN(C)C(=O)c2ccn(C)c(=O)c2)cc1OC. The molecule has 128 valence electrons. The number of aryl methyl sites for hydroxylation is 1. The van der Waals surface area contributed by atoms with E-state index in [1.165, 1.54) is 10.6 Å². The zero-order valence-electron chi connectivity index (χ0n) is 14.4. The summed E-state index contributed by atoms with van der Waals surface area (Å²) in [7, 11) is 4.92. The van der Waals surface area contributed by atoms with E-state index in [0.717, 1.165) is 5.56 Å². The highest BCUT2D eigenvalue weighted by Crippen LogP contribution is 2.28. The van der Waals surface area contributed by atoms with E-state index in [0.29, 0.717) is 30.2 Å². The third-order valence-electron chi connectivity index (χ3n) is 3.65. The summed E-state index contributed by atoms with van der Waals surface area (Å²) in [4.78, 5) is 25.7. The molecule has 0 aliphatic carbocycles. The summed E-state index contributed by atoms with van der Waals surface area (Å²) in [6, 6.07) is 8.55. The molecule has 1 heterocycles. The van der Waals surface area contributed by atoms with Crippen molar-refractivity contribution in [1.29, 1.82) is 0 Å². The number of rotatable bonds is 6. The van der Waals surface area contributed by atoms with E-state index >= 15 is 0 Å². The Morgan fingerprint density at radius 1 is 1.21 bits per heavy atom. The maximum atomic E-state index is 12.5. The molecule has 0 saturated heterocycles. The Balaban J connectivity index is 2.16. The van der Waals surface area contributed by atoms with E-state index in [9.17, 15) is 9.59 Å². The number of hydrogen-bond acceptors (Lipinski definition) is 4. The molecule has 0 N–H and O–H groups in total. The number of methoxy groups -OCH3 is 1. The van der Waals surface area contributed by atoms with Crippen LogP contribution < -0.4 is 15.0 Å². The molecule has 0 saturated carbocycles. The first-order chi connectivity index (χ1) is 11.5. The smallest absolute Gasteiger partial charge is 0.254 e. The third kappa shape index (κ3) is 3.95. The summed E-state index contributed by atoms with van der Waals surface area (Å²) in [5, 5.41) is 0. The Morgan fingerprint density at radius 3 is 2.58 bits per heavy atom. The van der Waals surface area contributed by atoms with Gasteiger partial charge in [-0.25, -0.2) is 0 Å². The van der Waals surface area contributed by atoms with Gasteiger partial charge in [-0.2, -0.15) is 0 Å². The van der Waals surface area contributed by atoms with Crippen LogP contribution in [0.2, 0.25) is 0 Å². The molecular formula is C18H22N2O4. The lowest BCUT2D eigenvalue weighted by Gasteiger charge is -2.18. The van der Waals surface area contributed by atoms with Gasteiger partial charge in [-0.3, -0.25) is 9.59 Å². The normalized spacial score (nSPS) is 10.3. The van der Waals surface area contributed by atoms with E-state index < -0.39 is 0 Å². The summed E-state index contributed by atoms with van der Waals surface area (Å²) >= 11 is 0. The van der Waals surface area contributed by atoms with E-state index in [-0.39, 0.29) is 11.5 Å². The van der Waals surface area contributed by atoms with Crippen LogP contribution in [0.5, 0.6) is 11.5 Å². The fraction of sp³-hybridized carbons (Fsp3) is 0.333. The Bertz CT molecular complexity index is 783. The van der Waals surface area contributed by atoms with Gasteiger partial charge in [0.2, 0.25) is 0 Å². The number of carbonyl (C=O) groups excluding carboxylic acids is 1. The number of pyridine rings is 1. The monoisotopic (exact) mass is 330 g/mol. The van der Waals surface area contributed by atoms with Crippen LogP contribution in [-0.2, 0) is 13.6 Å². The van der Waals surface area contributed by atoms with Crippen molar-refractivity contribution in [1.82, 2.24) is 9.47 Å². The molecule has 0 unspecified atom stereocenters. The topological polar surface area (TPSA) is 60.8 Å². The molecule has 0 bridgehead atoms. The van der Waals surface area contributed by atoms with Crippen LogP contribution in [-0.4, -0.2) is 36.1 Å². The van der Waals surface area contributed by atoms with Crippen LogP contribution in [0.1, 0.15) is 22.8 Å². The van der Waals surface area contributed by atoms with Gasteiger partial charge in [0.1, 0.15) is 0 Å². The van der Waals surface area contributed by atoms with Crippen molar-refractivity contribution in [3.05, 3.63) is 58.0 Å². The summed E-state index contributed by atoms with van der Waals surface area (Å²) in [6.45, 7) is 2.86. The van der Waals surface area contributed by atoms with Crippen LogP contribution in [0.15, 0.2) is 41.3 Å². The molecule has 2 aromatic rings. The van der Waals surface area contributed by atoms with Gasteiger partial charge in [-0.1, -0.05) is 6.07 Å². The minimum absolute atomic E-state index is 0.208. The van der Waals surface area contributed by atoms with Crippen molar-refractivity contribution in [2.45, 2.75) is 13.5 Å². The summed E-state index contributed by atoms with van der Waals surface area (Å²) in [5.41, 5.74) is 1.07. The van der Waals surface area contributed by atoms with Gasteiger partial charge in [0.25, 0.3) is 11.5 Å². The summed E-state index contributed by atoms with van der Waals surface area (Å²) in [5.74, 6) is 1.09. The van der Waals surface area contributed by atoms with E-state index in [1.54, 1.807) is 38.4 Å². The minimum Gasteiger partial charge on any atom is -0.493 e. The van der Waals surface area contributed by atoms with Gasteiger partial charge in [-0.15, -0.1) is 0 Å². The Hall–Kier alpha value is -2.76. The molecule has 0 radical (unpaired) electrons. The second-order valence-corrected chi connectivity index (χ2v) is 5.44. The average molecular weight is 330 g/mol. The predicted molar refractivity (Wildman–Crippen MR) is 91.6 cm³/mol. The molecule has 0 spiro atoms. The Kier molecular flexibility index (Phi) is 5.63. The number of amides is 1. The predicted octanol–water partition coefficient (Wildman–Crippen LogP) is 2.06. The number of aromatic nitrogens is 1. The number of hydrogen-bond donors (Lipinski definition) is 0. The van der Waals surface area contributed by atoms with Gasteiger partial charge in [0, 0.05) is 38.5 Å². The van der Waals surface area contributed by atoms with Crippen molar-refractivity contribution in [3.8, 4) is 11.5 Å². The first-order valence-corrected chi connectivity index (χ1v) is 7.68. The number of ether oxygens (including phenoxy) is 2. The molecule has 0 aliphatic rings. The van der Waals surface area contributed by atoms with E-state index in [1.807, 2.05) is 25.1 Å². The maximum Gasteiger partial charge on any atom is 0.254 e. The number of carbonyl (C=O) groups is 1. The molecule has 2 rings (SSSR count). The lowest BCUT2D eigenvalue weighted by atomic mass is 10.1. The standard InChI is InChI=1S/C18H22N2O4/c1-5-24-15-7-6-13(10-16(15)23-4)12-20(3)18(22)14-8-9-19(2)17(21)11-14/h6-11H,5,12H2,1-4H3. The molecule has 0 fully saturated rings. The average Bonchev–Trinajstić information content (AvgIpc) is 2.58. The molecule has 1 aromatic heterocycles. The van der Waals surface area contributed by atoms with Gasteiger partial charge in [0.05, 0.1) is 13.7 Å².